The molecule has 0 aliphatic heterocycles. The van der Waals surface area contributed by atoms with Crippen LogP contribution in [0.2, 0.25) is 5.02 Å². The Bertz CT molecular complexity index is 1560. The lowest BCUT2D eigenvalue weighted by molar-refractivity contribution is -0.385. The van der Waals surface area contributed by atoms with E-state index in [-0.39, 0.29) is 38.5 Å². The highest BCUT2D eigenvalue weighted by atomic mass is 35.5. The zero-order valence-corrected chi connectivity index (χ0v) is 18.4. The van der Waals surface area contributed by atoms with E-state index in [0.29, 0.717) is 0 Å². The van der Waals surface area contributed by atoms with Crippen LogP contribution in [-0.4, -0.2) is 10.9 Å². The molecule has 1 heterocycles. The van der Waals surface area contributed by atoms with Crippen LogP contribution in [0.15, 0.2) is 69.9 Å². The van der Waals surface area contributed by atoms with E-state index in [1.165, 1.54) is 55.5 Å². The molecule has 0 bridgehead atoms. The van der Waals surface area contributed by atoms with E-state index in [1.807, 2.05) is 0 Å². The molecule has 4 rings (SSSR count). The number of carbonyl (C=O) groups excluding carboxylic acids is 1. The van der Waals surface area contributed by atoms with Crippen LogP contribution in [-0.2, 0) is 6.18 Å². The van der Waals surface area contributed by atoms with Crippen molar-refractivity contribution in [3.63, 3.8) is 0 Å². The highest BCUT2D eigenvalue weighted by Crippen LogP contribution is 2.39. The molecular formula is C24H13ClF3NO6. The topological polar surface area (TPSA) is 99.7 Å². The molecule has 4 aromatic rings. The van der Waals surface area contributed by atoms with Gasteiger partial charge in [-0.15, -0.1) is 0 Å². The number of nitro groups is 1. The number of nitro benzene ring substituents is 1. The van der Waals surface area contributed by atoms with Crippen LogP contribution in [0.5, 0.6) is 5.75 Å². The van der Waals surface area contributed by atoms with E-state index in [0.717, 1.165) is 12.1 Å². The molecule has 178 valence electrons. The van der Waals surface area contributed by atoms with E-state index in [9.17, 15) is 32.9 Å². The first kappa shape index (κ1) is 24.0. The molecule has 35 heavy (non-hydrogen) atoms. The third kappa shape index (κ3) is 4.60. The standard InChI is InChI=1S/C24H13ClF3NO6/c1-12-10-13(6-9-18(12)29(32)33)23(31)34-14-7-8-16-19(11-14)35-22(24(26,27)28)20(21(16)30)15-4-2-3-5-17(15)25/h2-11H,1H3. The van der Waals surface area contributed by atoms with Crippen LogP contribution in [0.1, 0.15) is 21.7 Å². The summed E-state index contributed by atoms with van der Waals surface area (Å²) in [6.45, 7) is 1.44. The Kier molecular flexibility index (Phi) is 6.08. The number of halogens is 4. The number of carbonyl (C=O) groups is 1. The van der Waals surface area contributed by atoms with Crippen molar-refractivity contribution in [1.29, 1.82) is 0 Å². The van der Waals surface area contributed by atoms with Gasteiger partial charge in [0.25, 0.3) is 5.69 Å². The first-order valence-corrected chi connectivity index (χ1v) is 10.3. The minimum atomic E-state index is -5.02. The highest BCUT2D eigenvalue weighted by Gasteiger charge is 2.39. The zero-order chi connectivity index (χ0) is 25.5. The minimum absolute atomic E-state index is 0.0142. The summed E-state index contributed by atoms with van der Waals surface area (Å²) in [4.78, 5) is 35.9. The zero-order valence-electron chi connectivity index (χ0n) is 17.7. The third-order valence-corrected chi connectivity index (χ3v) is 5.43. The molecular weight excluding hydrogens is 491 g/mol. The molecule has 3 aromatic carbocycles. The lowest BCUT2D eigenvalue weighted by Gasteiger charge is -2.14. The maximum atomic E-state index is 13.8. The summed E-state index contributed by atoms with van der Waals surface area (Å²) < 4.78 is 51.7. The van der Waals surface area contributed by atoms with Crippen molar-refractivity contribution in [2.75, 3.05) is 0 Å². The first-order chi connectivity index (χ1) is 16.5. The van der Waals surface area contributed by atoms with Crippen molar-refractivity contribution >= 4 is 34.2 Å². The van der Waals surface area contributed by atoms with Gasteiger partial charge < -0.3 is 9.15 Å². The van der Waals surface area contributed by atoms with Gasteiger partial charge in [0.15, 0.2) is 0 Å². The summed E-state index contributed by atoms with van der Waals surface area (Å²) in [5, 5.41) is 10.7. The average molecular weight is 504 g/mol. The van der Waals surface area contributed by atoms with E-state index in [1.54, 1.807) is 0 Å². The van der Waals surface area contributed by atoms with Crippen LogP contribution in [0, 0.1) is 17.0 Å². The highest BCUT2D eigenvalue weighted by molar-refractivity contribution is 6.33. The van der Waals surface area contributed by atoms with Crippen LogP contribution in [0.3, 0.4) is 0 Å². The van der Waals surface area contributed by atoms with Gasteiger partial charge >= 0.3 is 12.1 Å². The normalized spacial score (nSPS) is 11.5. The molecule has 0 saturated carbocycles. The largest absolute Gasteiger partial charge is 0.450 e. The third-order valence-electron chi connectivity index (χ3n) is 5.10. The van der Waals surface area contributed by atoms with Gasteiger partial charge in [-0.25, -0.2) is 4.79 Å². The van der Waals surface area contributed by atoms with E-state index < -0.39 is 39.4 Å². The molecule has 0 atom stereocenters. The van der Waals surface area contributed by atoms with Crippen LogP contribution in [0.25, 0.3) is 22.1 Å². The molecule has 0 aliphatic rings. The number of benzene rings is 3. The number of hydrogen-bond donors (Lipinski definition) is 0. The second-order valence-electron chi connectivity index (χ2n) is 7.42. The SMILES string of the molecule is Cc1cc(C(=O)Oc2ccc3c(=O)c(-c4ccccc4Cl)c(C(F)(F)F)oc3c2)ccc1[N+](=O)[O-]. The summed E-state index contributed by atoms with van der Waals surface area (Å²) in [5.41, 5.74) is -2.28. The predicted molar refractivity (Wildman–Crippen MR) is 121 cm³/mol. The fourth-order valence-electron chi connectivity index (χ4n) is 3.50. The van der Waals surface area contributed by atoms with Gasteiger partial charge in [-0.1, -0.05) is 29.8 Å². The molecule has 0 fully saturated rings. The first-order valence-electron chi connectivity index (χ1n) is 9.87. The molecule has 11 heteroatoms. The molecule has 0 spiro atoms. The summed E-state index contributed by atoms with van der Waals surface area (Å²) in [7, 11) is 0. The van der Waals surface area contributed by atoms with E-state index in [2.05, 4.69) is 0 Å². The molecule has 0 amide bonds. The Hall–Kier alpha value is -4.18. The number of nitrogens with zero attached hydrogens (tertiary/aromatic N) is 1. The molecule has 1 aromatic heterocycles. The van der Waals surface area contributed by atoms with Gasteiger partial charge in [-0.05, 0) is 37.3 Å². The van der Waals surface area contributed by atoms with Crippen molar-refractivity contribution in [2.24, 2.45) is 0 Å². The van der Waals surface area contributed by atoms with Gasteiger partial charge in [0, 0.05) is 28.3 Å². The predicted octanol–water partition coefficient (Wildman–Crippen LogP) is 6.57. The summed E-state index contributed by atoms with van der Waals surface area (Å²) >= 11 is 6.04. The quantitative estimate of drug-likeness (QED) is 0.135. The summed E-state index contributed by atoms with van der Waals surface area (Å²) in [6.07, 6.45) is -5.02. The fraction of sp³-hybridized carbons (Fsp3) is 0.0833. The van der Waals surface area contributed by atoms with E-state index >= 15 is 0 Å². The van der Waals surface area contributed by atoms with Crippen molar-refractivity contribution in [2.45, 2.75) is 13.1 Å². The average Bonchev–Trinajstić information content (AvgIpc) is 2.78. The Morgan fingerprint density at radius 1 is 1.09 bits per heavy atom. The lowest BCUT2D eigenvalue weighted by Crippen LogP contribution is -2.16. The van der Waals surface area contributed by atoms with Crippen molar-refractivity contribution < 1.29 is 32.0 Å². The number of alkyl halides is 3. The Morgan fingerprint density at radius 3 is 2.43 bits per heavy atom. The summed E-state index contributed by atoms with van der Waals surface area (Å²) in [5.74, 6) is -2.65. The van der Waals surface area contributed by atoms with Gasteiger partial charge in [0.05, 0.1) is 21.4 Å². The number of hydrogen-bond acceptors (Lipinski definition) is 6. The van der Waals surface area contributed by atoms with Crippen LogP contribution < -0.4 is 10.2 Å². The van der Waals surface area contributed by atoms with Crippen molar-refractivity contribution in [3.8, 4) is 16.9 Å². The van der Waals surface area contributed by atoms with Gasteiger partial charge in [0.1, 0.15) is 11.3 Å². The second kappa shape index (κ2) is 8.88. The molecule has 0 aliphatic carbocycles. The van der Waals surface area contributed by atoms with Gasteiger partial charge in [0.2, 0.25) is 11.2 Å². The minimum Gasteiger partial charge on any atom is -0.450 e. The lowest BCUT2D eigenvalue weighted by atomic mass is 10.0. The molecule has 0 radical (unpaired) electrons. The fourth-order valence-corrected chi connectivity index (χ4v) is 3.73. The summed E-state index contributed by atoms with van der Waals surface area (Å²) in [6, 6.07) is 12.5. The number of aryl methyl sites for hydroxylation is 1. The monoisotopic (exact) mass is 503 g/mol. The Labute approximate surface area is 199 Å². The van der Waals surface area contributed by atoms with E-state index in [4.69, 9.17) is 20.8 Å². The van der Waals surface area contributed by atoms with Crippen LogP contribution >= 0.6 is 11.6 Å². The molecule has 0 unspecified atom stereocenters. The van der Waals surface area contributed by atoms with Crippen molar-refractivity contribution in [1.82, 2.24) is 0 Å². The number of fused-ring (bicyclic) bond motifs is 1. The number of ether oxygens (including phenoxy) is 1. The smallest absolute Gasteiger partial charge is 0.450 e. The molecule has 7 nitrogen and oxygen atoms in total. The van der Waals surface area contributed by atoms with Gasteiger partial charge in [-0.3, -0.25) is 14.9 Å². The van der Waals surface area contributed by atoms with Crippen molar-refractivity contribution in [3.05, 3.63) is 103 Å². The van der Waals surface area contributed by atoms with Crippen LogP contribution in [0.4, 0.5) is 18.9 Å². The molecule has 0 N–H and O–H groups in total. The number of rotatable bonds is 4. The Balaban J connectivity index is 1.78. The maximum Gasteiger partial charge on any atom is 0.450 e. The number of esters is 1. The van der Waals surface area contributed by atoms with Gasteiger partial charge in [-0.2, -0.15) is 13.2 Å². The maximum absolute atomic E-state index is 13.8. The molecule has 0 saturated heterocycles. The second-order valence-corrected chi connectivity index (χ2v) is 7.83. The Morgan fingerprint density at radius 2 is 1.80 bits per heavy atom.